The molecular formula is C19H14N2O5S. The summed E-state index contributed by atoms with van der Waals surface area (Å²) in [7, 11) is -3.87. The molecule has 8 heteroatoms. The molecule has 0 fully saturated rings. The Labute approximate surface area is 154 Å². The maximum absolute atomic E-state index is 12.6. The van der Waals surface area contributed by atoms with Crippen LogP contribution in [0.3, 0.4) is 0 Å². The number of aromatic amines is 1. The molecule has 136 valence electrons. The van der Waals surface area contributed by atoms with Crippen molar-refractivity contribution >= 4 is 26.8 Å². The van der Waals surface area contributed by atoms with Crippen molar-refractivity contribution in [2.24, 2.45) is 0 Å². The first kappa shape index (κ1) is 16.9. The highest BCUT2D eigenvalue weighted by atomic mass is 32.2. The van der Waals surface area contributed by atoms with Gasteiger partial charge in [0.1, 0.15) is 11.5 Å². The number of aromatic nitrogens is 1. The Balaban J connectivity index is 1.60. The van der Waals surface area contributed by atoms with Gasteiger partial charge in [-0.2, -0.15) is 0 Å². The molecule has 0 bridgehead atoms. The molecule has 0 spiro atoms. The zero-order valence-electron chi connectivity index (χ0n) is 13.9. The molecule has 0 aliphatic carbocycles. The Hall–Kier alpha value is -3.52. The zero-order chi connectivity index (χ0) is 18.9. The van der Waals surface area contributed by atoms with Gasteiger partial charge >= 0.3 is 5.76 Å². The average Bonchev–Trinajstić information content (AvgIpc) is 3.01. The molecule has 4 rings (SSSR count). The summed E-state index contributed by atoms with van der Waals surface area (Å²) < 4.78 is 38.4. The number of hydrogen-bond donors (Lipinski definition) is 2. The summed E-state index contributed by atoms with van der Waals surface area (Å²) in [6.07, 6.45) is 0. The van der Waals surface area contributed by atoms with Crippen molar-refractivity contribution in [3.63, 3.8) is 0 Å². The van der Waals surface area contributed by atoms with E-state index >= 15 is 0 Å². The number of benzene rings is 3. The lowest BCUT2D eigenvalue weighted by molar-refractivity contribution is 0.483. The lowest BCUT2D eigenvalue weighted by Gasteiger charge is -2.10. The molecule has 0 unspecified atom stereocenters. The number of para-hydroxylation sites is 1. The maximum atomic E-state index is 12.6. The van der Waals surface area contributed by atoms with E-state index in [-0.39, 0.29) is 10.5 Å². The Morgan fingerprint density at radius 3 is 2.48 bits per heavy atom. The lowest BCUT2D eigenvalue weighted by Crippen LogP contribution is -2.12. The third kappa shape index (κ3) is 3.70. The molecule has 0 atom stereocenters. The molecule has 0 radical (unpaired) electrons. The zero-order valence-corrected chi connectivity index (χ0v) is 14.7. The van der Waals surface area contributed by atoms with Crippen LogP contribution in [0.2, 0.25) is 0 Å². The van der Waals surface area contributed by atoms with E-state index < -0.39 is 15.8 Å². The Morgan fingerprint density at radius 1 is 0.889 bits per heavy atom. The Morgan fingerprint density at radius 2 is 1.67 bits per heavy atom. The summed E-state index contributed by atoms with van der Waals surface area (Å²) in [5, 5.41) is 0. The van der Waals surface area contributed by atoms with E-state index in [1.54, 1.807) is 36.4 Å². The van der Waals surface area contributed by atoms with Crippen molar-refractivity contribution < 1.29 is 17.6 Å². The molecular weight excluding hydrogens is 368 g/mol. The SMILES string of the molecule is O=c1[nH]c2ccc(S(=O)(=O)Nc3cccc(Oc4ccccc4)c3)cc2o1. The minimum absolute atomic E-state index is 0.0212. The first-order valence-corrected chi connectivity index (χ1v) is 9.47. The van der Waals surface area contributed by atoms with Crippen LogP contribution in [-0.2, 0) is 10.0 Å². The molecule has 4 aromatic rings. The van der Waals surface area contributed by atoms with Gasteiger partial charge in [0.25, 0.3) is 10.0 Å². The van der Waals surface area contributed by atoms with Gasteiger partial charge in [-0.15, -0.1) is 0 Å². The molecule has 0 aliphatic heterocycles. The normalized spacial score (nSPS) is 11.4. The number of anilines is 1. The summed E-state index contributed by atoms with van der Waals surface area (Å²) in [5.41, 5.74) is 0.945. The quantitative estimate of drug-likeness (QED) is 0.548. The summed E-state index contributed by atoms with van der Waals surface area (Å²) in [6, 6.07) is 19.9. The predicted molar refractivity (Wildman–Crippen MR) is 101 cm³/mol. The number of nitrogens with one attached hydrogen (secondary N) is 2. The molecule has 0 saturated heterocycles. The van der Waals surface area contributed by atoms with Crippen molar-refractivity contribution in [2.45, 2.75) is 4.90 Å². The van der Waals surface area contributed by atoms with Gasteiger partial charge in [-0.1, -0.05) is 24.3 Å². The van der Waals surface area contributed by atoms with Crippen LogP contribution in [-0.4, -0.2) is 13.4 Å². The van der Waals surface area contributed by atoms with Crippen LogP contribution in [0.5, 0.6) is 11.5 Å². The lowest BCUT2D eigenvalue weighted by atomic mass is 10.3. The Bertz CT molecular complexity index is 1260. The minimum atomic E-state index is -3.87. The molecule has 1 heterocycles. The van der Waals surface area contributed by atoms with Crippen LogP contribution >= 0.6 is 0 Å². The van der Waals surface area contributed by atoms with Crippen molar-refractivity contribution in [2.75, 3.05) is 4.72 Å². The van der Waals surface area contributed by atoms with Crippen molar-refractivity contribution in [3.8, 4) is 11.5 Å². The van der Waals surface area contributed by atoms with E-state index in [2.05, 4.69) is 9.71 Å². The summed E-state index contributed by atoms with van der Waals surface area (Å²) in [6.45, 7) is 0. The summed E-state index contributed by atoms with van der Waals surface area (Å²) >= 11 is 0. The molecule has 0 amide bonds. The number of rotatable bonds is 5. The number of oxazole rings is 1. The molecule has 0 aliphatic rings. The third-order valence-electron chi connectivity index (χ3n) is 3.77. The number of ether oxygens (including phenoxy) is 1. The van der Waals surface area contributed by atoms with Crippen LogP contribution in [0.25, 0.3) is 11.1 Å². The highest BCUT2D eigenvalue weighted by Gasteiger charge is 2.16. The van der Waals surface area contributed by atoms with Crippen molar-refractivity contribution in [3.05, 3.63) is 83.3 Å². The summed E-state index contributed by atoms with van der Waals surface area (Å²) in [4.78, 5) is 13.7. The van der Waals surface area contributed by atoms with Crippen LogP contribution in [0.15, 0.2) is 86.9 Å². The van der Waals surface area contributed by atoms with Gasteiger partial charge in [-0.25, -0.2) is 13.2 Å². The van der Waals surface area contributed by atoms with Gasteiger partial charge in [-0.3, -0.25) is 9.71 Å². The predicted octanol–water partition coefficient (Wildman–Crippen LogP) is 3.71. The molecule has 1 aromatic heterocycles. The molecule has 27 heavy (non-hydrogen) atoms. The van der Waals surface area contributed by atoms with Crippen LogP contribution in [0.4, 0.5) is 5.69 Å². The van der Waals surface area contributed by atoms with E-state index in [4.69, 9.17) is 9.15 Å². The topological polar surface area (TPSA) is 101 Å². The molecule has 2 N–H and O–H groups in total. The molecule has 7 nitrogen and oxygen atoms in total. The molecule has 0 saturated carbocycles. The van der Waals surface area contributed by atoms with E-state index in [1.165, 1.54) is 18.2 Å². The number of H-pyrrole nitrogens is 1. The highest BCUT2D eigenvalue weighted by molar-refractivity contribution is 7.92. The minimum Gasteiger partial charge on any atom is -0.457 e. The fourth-order valence-corrected chi connectivity index (χ4v) is 3.62. The van der Waals surface area contributed by atoms with Crippen molar-refractivity contribution in [1.29, 1.82) is 0 Å². The first-order valence-electron chi connectivity index (χ1n) is 7.98. The van der Waals surface area contributed by atoms with E-state index in [1.807, 2.05) is 18.2 Å². The summed E-state index contributed by atoms with van der Waals surface area (Å²) in [5.74, 6) is 0.497. The monoisotopic (exact) mass is 382 g/mol. The van der Waals surface area contributed by atoms with Gasteiger partial charge in [0.15, 0.2) is 5.58 Å². The largest absolute Gasteiger partial charge is 0.457 e. The van der Waals surface area contributed by atoms with Gasteiger partial charge in [0.05, 0.1) is 16.1 Å². The smallest absolute Gasteiger partial charge is 0.417 e. The number of hydrogen-bond acceptors (Lipinski definition) is 5. The third-order valence-corrected chi connectivity index (χ3v) is 5.15. The van der Waals surface area contributed by atoms with Gasteiger partial charge in [-0.05, 0) is 36.4 Å². The van der Waals surface area contributed by atoms with Gasteiger partial charge < -0.3 is 9.15 Å². The van der Waals surface area contributed by atoms with E-state index in [0.29, 0.717) is 22.7 Å². The van der Waals surface area contributed by atoms with Crippen LogP contribution in [0, 0.1) is 0 Å². The Kier molecular flexibility index (Phi) is 4.17. The second-order valence-corrected chi connectivity index (χ2v) is 7.40. The molecule has 3 aromatic carbocycles. The van der Waals surface area contributed by atoms with Gasteiger partial charge in [0, 0.05) is 12.1 Å². The fraction of sp³-hybridized carbons (Fsp3) is 0. The van der Waals surface area contributed by atoms with E-state index in [0.717, 1.165) is 0 Å². The first-order chi connectivity index (χ1) is 13.0. The highest BCUT2D eigenvalue weighted by Crippen LogP contribution is 2.26. The van der Waals surface area contributed by atoms with Gasteiger partial charge in [0.2, 0.25) is 0 Å². The second-order valence-electron chi connectivity index (χ2n) is 5.72. The number of fused-ring (bicyclic) bond motifs is 1. The standard InChI is InChI=1S/C19H14N2O5S/c22-19-20-17-10-9-16(12-18(17)26-19)27(23,24)21-13-5-4-8-15(11-13)25-14-6-2-1-3-7-14/h1-12,21H,(H,20,22). The van der Waals surface area contributed by atoms with Crippen molar-refractivity contribution in [1.82, 2.24) is 4.98 Å². The average molecular weight is 382 g/mol. The van der Waals surface area contributed by atoms with E-state index in [9.17, 15) is 13.2 Å². The number of sulfonamides is 1. The van der Waals surface area contributed by atoms with Crippen LogP contribution < -0.4 is 15.2 Å². The second kappa shape index (κ2) is 6.65. The van der Waals surface area contributed by atoms with Crippen LogP contribution in [0.1, 0.15) is 0 Å². The maximum Gasteiger partial charge on any atom is 0.417 e. The fourth-order valence-electron chi connectivity index (χ4n) is 2.55.